The molecule has 0 heterocycles. The molecule has 0 spiro atoms. The van der Waals surface area contributed by atoms with E-state index in [0.717, 1.165) is 29.8 Å². The summed E-state index contributed by atoms with van der Waals surface area (Å²) in [5, 5.41) is 1.67. The number of halogens is 3. The van der Waals surface area contributed by atoms with E-state index in [1.54, 1.807) is 6.07 Å². The first kappa shape index (κ1) is 12.2. The first-order valence-corrected chi connectivity index (χ1v) is 5.87. The number of rotatable bonds is 4. The van der Waals surface area contributed by atoms with E-state index in [1.807, 2.05) is 19.1 Å². The summed E-state index contributed by atoms with van der Waals surface area (Å²) in [4.78, 5) is 0. The molecule has 1 unspecified atom stereocenters. The van der Waals surface area contributed by atoms with Crippen LogP contribution < -0.4 is 0 Å². The van der Waals surface area contributed by atoms with Crippen molar-refractivity contribution >= 4 is 34.8 Å². The van der Waals surface area contributed by atoms with Crippen LogP contribution in [0.3, 0.4) is 0 Å². The van der Waals surface area contributed by atoms with Gasteiger partial charge >= 0.3 is 0 Å². The zero-order valence-corrected chi connectivity index (χ0v) is 10.3. The summed E-state index contributed by atoms with van der Waals surface area (Å²) >= 11 is 17.7. The lowest BCUT2D eigenvalue weighted by Gasteiger charge is -2.05. The van der Waals surface area contributed by atoms with E-state index >= 15 is 0 Å². The zero-order valence-electron chi connectivity index (χ0n) is 8.06. The second-order valence-corrected chi connectivity index (χ2v) is 5.00. The van der Waals surface area contributed by atoms with Crippen LogP contribution in [0.4, 0.5) is 0 Å². The van der Waals surface area contributed by atoms with Crippen molar-refractivity contribution < 1.29 is 0 Å². The minimum Gasteiger partial charge on any atom is -0.123 e. The van der Waals surface area contributed by atoms with Crippen molar-refractivity contribution in [2.45, 2.75) is 31.6 Å². The highest BCUT2D eigenvalue weighted by Crippen LogP contribution is 2.22. The molecule has 78 valence electrons. The molecule has 0 nitrogen and oxygen atoms in total. The number of hydrogen-bond donors (Lipinski definition) is 0. The van der Waals surface area contributed by atoms with Crippen LogP contribution in [0.2, 0.25) is 10.0 Å². The molecule has 0 radical (unpaired) electrons. The Morgan fingerprint density at radius 2 is 2.00 bits per heavy atom. The Balaban J connectivity index is 2.51. The third-order valence-electron chi connectivity index (χ3n) is 2.06. The van der Waals surface area contributed by atoms with E-state index < -0.39 is 0 Å². The third kappa shape index (κ3) is 4.08. The van der Waals surface area contributed by atoms with Gasteiger partial charge in [-0.2, -0.15) is 0 Å². The monoisotopic (exact) mass is 250 g/mol. The summed E-state index contributed by atoms with van der Waals surface area (Å²) in [5.41, 5.74) is 1.15. The van der Waals surface area contributed by atoms with Gasteiger partial charge in [0, 0.05) is 15.4 Å². The average molecular weight is 252 g/mol. The first-order valence-electron chi connectivity index (χ1n) is 4.67. The molecule has 0 N–H and O–H groups in total. The second-order valence-electron chi connectivity index (χ2n) is 3.41. The molecule has 0 aliphatic heterocycles. The standard InChI is InChI=1S/C11H13Cl3/c1-8(12)3-2-4-9-5-6-10(13)7-11(9)14/h5-8H,2-4H2,1H3. The Hall–Kier alpha value is 0.0900. The highest BCUT2D eigenvalue weighted by molar-refractivity contribution is 6.35. The van der Waals surface area contributed by atoms with Gasteiger partial charge in [0.15, 0.2) is 0 Å². The molecule has 14 heavy (non-hydrogen) atoms. The Morgan fingerprint density at radius 1 is 1.29 bits per heavy atom. The van der Waals surface area contributed by atoms with Gasteiger partial charge in [0.1, 0.15) is 0 Å². The Bertz CT molecular complexity index is 295. The maximum atomic E-state index is 6.03. The lowest BCUT2D eigenvalue weighted by atomic mass is 10.1. The lowest BCUT2D eigenvalue weighted by molar-refractivity contribution is 0.724. The molecule has 1 atom stereocenters. The molecule has 0 bridgehead atoms. The van der Waals surface area contributed by atoms with Gasteiger partial charge in [-0.25, -0.2) is 0 Å². The molecule has 0 saturated heterocycles. The van der Waals surface area contributed by atoms with Crippen LogP contribution >= 0.6 is 34.8 Å². The van der Waals surface area contributed by atoms with Crippen molar-refractivity contribution in [3.63, 3.8) is 0 Å². The summed E-state index contributed by atoms with van der Waals surface area (Å²) in [6, 6.07) is 5.62. The predicted molar refractivity (Wildman–Crippen MR) is 64.7 cm³/mol. The normalized spacial score (nSPS) is 12.9. The van der Waals surface area contributed by atoms with Gasteiger partial charge in [-0.15, -0.1) is 11.6 Å². The van der Waals surface area contributed by atoms with Crippen molar-refractivity contribution in [2.75, 3.05) is 0 Å². The van der Waals surface area contributed by atoms with Gasteiger partial charge in [-0.3, -0.25) is 0 Å². The van der Waals surface area contributed by atoms with Gasteiger partial charge in [-0.1, -0.05) is 29.3 Å². The molecule has 0 amide bonds. The highest BCUT2D eigenvalue weighted by Gasteiger charge is 2.02. The molecular weight excluding hydrogens is 238 g/mol. The fourth-order valence-electron chi connectivity index (χ4n) is 1.30. The molecule has 0 aromatic heterocycles. The van der Waals surface area contributed by atoms with Crippen molar-refractivity contribution in [3.05, 3.63) is 33.8 Å². The van der Waals surface area contributed by atoms with Crippen LogP contribution in [0.5, 0.6) is 0 Å². The van der Waals surface area contributed by atoms with E-state index in [-0.39, 0.29) is 5.38 Å². The van der Waals surface area contributed by atoms with Gasteiger partial charge in [-0.05, 0) is 43.9 Å². The maximum absolute atomic E-state index is 6.03. The van der Waals surface area contributed by atoms with Gasteiger partial charge in [0.25, 0.3) is 0 Å². The summed E-state index contributed by atoms with van der Waals surface area (Å²) < 4.78 is 0. The zero-order chi connectivity index (χ0) is 10.6. The number of aryl methyl sites for hydroxylation is 1. The SMILES string of the molecule is CC(Cl)CCCc1ccc(Cl)cc1Cl. The lowest BCUT2D eigenvalue weighted by Crippen LogP contribution is -1.93. The average Bonchev–Trinajstić information content (AvgIpc) is 2.08. The first-order chi connectivity index (χ1) is 6.59. The summed E-state index contributed by atoms with van der Waals surface area (Å²) in [7, 11) is 0. The van der Waals surface area contributed by atoms with Gasteiger partial charge in [0.05, 0.1) is 0 Å². The van der Waals surface area contributed by atoms with E-state index in [4.69, 9.17) is 34.8 Å². The minimum absolute atomic E-state index is 0.237. The molecule has 1 rings (SSSR count). The third-order valence-corrected chi connectivity index (χ3v) is 2.87. The van der Waals surface area contributed by atoms with Crippen molar-refractivity contribution in [1.82, 2.24) is 0 Å². The molecule has 1 aromatic carbocycles. The van der Waals surface area contributed by atoms with E-state index in [1.165, 1.54) is 0 Å². The number of hydrogen-bond acceptors (Lipinski definition) is 0. The quantitative estimate of drug-likeness (QED) is 0.665. The van der Waals surface area contributed by atoms with Crippen LogP contribution in [-0.4, -0.2) is 5.38 Å². The fraction of sp³-hybridized carbons (Fsp3) is 0.455. The molecule has 0 saturated carbocycles. The van der Waals surface area contributed by atoms with Crippen LogP contribution in [0.15, 0.2) is 18.2 Å². The predicted octanol–water partition coefficient (Wildman–Crippen LogP) is 4.94. The fourth-order valence-corrected chi connectivity index (χ4v) is 1.96. The summed E-state index contributed by atoms with van der Waals surface area (Å²) in [6.45, 7) is 2.00. The van der Waals surface area contributed by atoms with Gasteiger partial charge < -0.3 is 0 Å². The maximum Gasteiger partial charge on any atom is 0.0452 e. The molecule has 0 fully saturated rings. The summed E-state index contributed by atoms with van der Waals surface area (Å²) in [5.74, 6) is 0. The molecule has 0 aliphatic carbocycles. The van der Waals surface area contributed by atoms with Gasteiger partial charge in [0.2, 0.25) is 0 Å². The van der Waals surface area contributed by atoms with Crippen LogP contribution in [-0.2, 0) is 6.42 Å². The smallest absolute Gasteiger partial charge is 0.0452 e. The van der Waals surface area contributed by atoms with E-state index in [0.29, 0.717) is 5.02 Å². The van der Waals surface area contributed by atoms with Crippen molar-refractivity contribution in [3.8, 4) is 0 Å². The topological polar surface area (TPSA) is 0 Å². The molecule has 0 aliphatic rings. The Morgan fingerprint density at radius 3 is 2.57 bits per heavy atom. The van der Waals surface area contributed by atoms with Crippen molar-refractivity contribution in [1.29, 1.82) is 0 Å². The minimum atomic E-state index is 0.237. The Labute approximate surface area is 100 Å². The Kier molecular flexibility index (Phi) is 5.08. The van der Waals surface area contributed by atoms with Crippen LogP contribution in [0.1, 0.15) is 25.3 Å². The number of benzene rings is 1. The molecule has 3 heteroatoms. The molecular formula is C11H13Cl3. The van der Waals surface area contributed by atoms with Crippen molar-refractivity contribution in [2.24, 2.45) is 0 Å². The second kappa shape index (κ2) is 5.85. The van der Waals surface area contributed by atoms with E-state index in [9.17, 15) is 0 Å². The van der Waals surface area contributed by atoms with Crippen LogP contribution in [0.25, 0.3) is 0 Å². The summed E-state index contributed by atoms with van der Waals surface area (Å²) in [6.07, 6.45) is 3.04. The van der Waals surface area contributed by atoms with Crippen LogP contribution in [0, 0.1) is 0 Å². The van der Waals surface area contributed by atoms with E-state index in [2.05, 4.69) is 0 Å². The molecule has 1 aromatic rings. The number of alkyl halides is 1. The highest BCUT2D eigenvalue weighted by atomic mass is 35.5. The largest absolute Gasteiger partial charge is 0.123 e.